The van der Waals surface area contributed by atoms with Crippen LogP contribution >= 0.6 is 0 Å². The Labute approximate surface area is 80.7 Å². The molecule has 13 heavy (non-hydrogen) atoms. The first-order valence-electron chi connectivity index (χ1n) is 4.85. The van der Waals surface area contributed by atoms with Gasteiger partial charge in [0.25, 0.3) is 0 Å². The van der Waals surface area contributed by atoms with Crippen LogP contribution in [0.2, 0.25) is 0 Å². The van der Waals surface area contributed by atoms with Crippen LogP contribution in [-0.4, -0.2) is 12.5 Å². The number of nitrogens with one attached hydrogen (secondary N) is 1. The fourth-order valence-corrected chi connectivity index (χ4v) is 1.23. The van der Waals surface area contributed by atoms with Crippen molar-refractivity contribution in [3.05, 3.63) is 23.3 Å². The molecule has 0 atom stereocenters. The number of carbonyl (C=O) groups excluding carboxylic acids is 1. The average Bonchev–Trinajstić information content (AvgIpc) is 2.20. The number of amides is 1. The number of hydrogen-bond acceptors (Lipinski definition) is 1. The zero-order chi connectivity index (χ0) is 10.3. The van der Waals surface area contributed by atoms with Gasteiger partial charge in [0.1, 0.15) is 0 Å². The fraction of sp³-hybridized carbons (Fsp3) is 0.545. The van der Waals surface area contributed by atoms with Gasteiger partial charge in [-0.3, -0.25) is 4.79 Å². The summed E-state index contributed by atoms with van der Waals surface area (Å²) in [4.78, 5) is 10.9. The van der Waals surface area contributed by atoms with Crippen LogP contribution in [0.4, 0.5) is 0 Å². The molecule has 0 aromatic heterocycles. The molecule has 2 nitrogen and oxygen atoms in total. The lowest BCUT2D eigenvalue weighted by atomic mass is 9.99. The number of hydrogen-bond donors (Lipinski definition) is 1. The highest BCUT2D eigenvalue weighted by atomic mass is 16.1. The Balaban J connectivity index is 0.000000671. The minimum Gasteiger partial charge on any atom is -0.352 e. The molecule has 74 valence electrons. The molecular weight excluding hydrogens is 162 g/mol. The number of piperidine rings is 1. The second-order valence-electron chi connectivity index (χ2n) is 2.58. The molecule has 0 spiro atoms. The van der Waals surface area contributed by atoms with Gasteiger partial charge in [-0.1, -0.05) is 26.0 Å². The number of allylic oxidation sites excluding steroid dienone is 2. The number of rotatable bonds is 0. The Morgan fingerprint density at radius 2 is 1.69 bits per heavy atom. The van der Waals surface area contributed by atoms with Crippen LogP contribution in [0, 0.1) is 0 Å². The first-order chi connectivity index (χ1) is 6.27. The van der Waals surface area contributed by atoms with E-state index in [-0.39, 0.29) is 5.91 Å². The largest absolute Gasteiger partial charge is 0.352 e. The first-order valence-corrected chi connectivity index (χ1v) is 4.85. The summed E-state index contributed by atoms with van der Waals surface area (Å²) in [5.74, 6) is 0.128. The van der Waals surface area contributed by atoms with Crippen molar-refractivity contribution in [2.45, 2.75) is 34.1 Å². The lowest BCUT2D eigenvalue weighted by Crippen LogP contribution is -2.31. The zero-order valence-corrected chi connectivity index (χ0v) is 8.98. The van der Waals surface area contributed by atoms with E-state index in [4.69, 9.17) is 0 Å². The second kappa shape index (κ2) is 6.46. The van der Waals surface area contributed by atoms with Gasteiger partial charge in [0.05, 0.1) is 6.42 Å². The molecule has 0 aromatic carbocycles. The van der Waals surface area contributed by atoms with Gasteiger partial charge in [0, 0.05) is 6.54 Å². The van der Waals surface area contributed by atoms with Crippen molar-refractivity contribution in [2.24, 2.45) is 0 Å². The Morgan fingerprint density at radius 1 is 1.15 bits per heavy atom. The normalized spacial score (nSPS) is 22.3. The highest BCUT2D eigenvalue weighted by Crippen LogP contribution is 2.16. The molecule has 2 heteroatoms. The average molecular weight is 181 g/mol. The molecule has 1 fully saturated rings. The van der Waals surface area contributed by atoms with Crippen molar-refractivity contribution in [1.82, 2.24) is 5.32 Å². The minimum absolute atomic E-state index is 0.128. The van der Waals surface area contributed by atoms with E-state index in [1.807, 2.05) is 33.8 Å². The van der Waals surface area contributed by atoms with Crippen molar-refractivity contribution in [3.8, 4) is 0 Å². The van der Waals surface area contributed by atoms with E-state index in [9.17, 15) is 4.79 Å². The molecule has 0 saturated carbocycles. The Morgan fingerprint density at radius 3 is 2.15 bits per heavy atom. The third-order valence-corrected chi connectivity index (χ3v) is 1.94. The van der Waals surface area contributed by atoms with Crippen LogP contribution in [-0.2, 0) is 4.79 Å². The molecule has 0 unspecified atom stereocenters. The topological polar surface area (TPSA) is 29.1 Å². The third kappa shape index (κ3) is 3.45. The molecule has 0 bridgehead atoms. The molecule has 1 aliphatic rings. The summed E-state index contributed by atoms with van der Waals surface area (Å²) in [7, 11) is 0. The van der Waals surface area contributed by atoms with Gasteiger partial charge in [-0.25, -0.2) is 0 Å². The van der Waals surface area contributed by atoms with Crippen molar-refractivity contribution >= 4 is 5.91 Å². The van der Waals surface area contributed by atoms with Gasteiger partial charge in [-0.2, -0.15) is 0 Å². The fourth-order valence-electron chi connectivity index (χ4n) is 1.23. The van der Waals surface area contributed by atoms with E-state index in [2.05, 4.69) is 11.4 Å². The van der Waals surface area contributed by atoms with E-state index in [0.717, 1.165) is 5.57 Å². The molecule has 1 saturated heterocycles. The van der Waals surface area contributed by atoms with Gasteiger partial charge in [-0.15, -0.1) is 0 Å². The van der Waals surface area contributed by atoms with Gasteiger partial charge in [0.2, 0.25) is 5.91 Å². The van der Waals surface area contributed by atoms with E-state index in [0.29, 0.717) is 13.0 Å². The van der Waals surface area contributed by atoms with Gasteiger partial charge in [0.15, 0.2) is 0 Å². The quantitative estimate of drug-likeness (QED) is 0.611. The molecule has 0 aromatic rings. The molecule has 1 amide bonds. The highest BCUT2D eigenvalue weighted by molar-refractivity contribution is 5.82. The maximum Gasteiger partial charge on any atom is 0.224 e. The summed E-state index contributed by atoms with van der Waals surface area (Å²) in [6, 6.07) is 0. The van der Waals surface area contributed by atoms with Crippen molar-refractivity contribution < 1.29 is 4.79 Å². The third-order valence-electron chi connectivity index (χ3n) is 1.94. The van der Waals surface area contributed by atoms with E-state index >= 15 is 0 Å². The summed E-state index contributed by atoms with van der Waals surface area (Å²) in [6.07, 6.45) is 4.60. The molecule has 1 aliphatic heterocycles. The van der Waals surface area contributed by atoms with Crippen LogP contribution in [0.25, 0.3) is 0 Å². The SMILES string of the molecule is C/C=C1/CC(=O)NC/C1=C/C.CC. The smallest absolute Gasteiger partial charge is 0.224 e. The lowest BCUT2D eigenvalue weighted by Gasteiger charge is -2.18. The molecule has 1 N–H and O–H groups in total. The predicted molar refractivity (Wildman–Crippen MR) is 56.5 cm³/mol. The molecule has 1 heterocycles. The van der Waals surface area contributed by atoms with E-state index < -0.39 is 0 Å². The molecular formula is C11H19NO. The van der Waals surface area contributed by atoms with Crippen molar-refractivity contribution in [1.29, 1.82) is 0 Å². The summed E-state index contributed by atoms with van der Waals surface area (Å²) < 4.78 is 0. The minimum atomic E-state index is 0.128. The predicted octanol–water partition coefficient (Wildman–Crippen LogP) is 2.43. The molecule has 0 radical (unpaired) electrons. The van der Waals surface area contributed by atoms with Crippen LogP contribution < -0.4 is 5.32 Å². The van der Waals surface area contributed by atoms with Crippen LogP contribution in [0.15, 0.2) is 23.3 Å². The maximum atomic E-state index is 10.9. The Bertz CT molecular complexity index is 226. The van der Waals surface area contributed by atoms with Gasteiger partial charge in [-0.05, 0) is 25.0 Å². The molecule has 1 rings (SSSR count). The standard InChI is InChI=1S/C9H13NO.C2H6/c1-3-7-5-9(11)10-6-8(7)4-2;1-2/h3-4H,5-6H2,1-2H3,(H,10,11);1-2H3/b7-3-,8-4-;. The number of carbonyl (C=O) groups is 1. The maximum absolute atomic E-state index is 10.9. The zero-order valence-electron chi connectivity index (χ0n) is 8.98. The van der Waals surface area contributed by atoms with Crippen molar-refractivity contribution in [3.63, 3.8) is 0 Å². The summed E-state index contributed by atoms with van der Waals surface area (Å²) in [5.41, 5.74) is 2.41. The van der Waals surface area contributed by atoms with Gasteiger partial charge < -0.3 is 5.32 Å². The Kier molecular flexibility index (Phi) is 5.94. The van der Waals surface area contributed by atoms with Crippen LogP contribution in [0.1, 0.15) is 34.1 Å². The first kappa shape index (κ1) is 11.9. The summed E-state index contributed by atoms with van der Waals surface area (Å²) in [6.45, 7) is 8.66. The van der Waals surface area contributed by atoms with Gasteiger partial charge >= 0.3 is 0 Å². The monoisotopic (exact) mass is 181 g/mol. The second-order valence-corrected chi connectivity index (χ2v) is 2.58. The lowest BCUT2D eigenvalue weighted by molar-refractivity contribution is -0.120. The summed E-state index contributed by atoms with van der Waals surface area (Å²) >= 11 is 0. The van der Waals surface area contributed by atoms with Crippen molar-refractivity contribution in [2.75, 3.05) is 6.54 Å². The van der Waals surface area contributed by atoms with E-state index in [1.54, 1.807) is 0 Å². The summed E-state index contributed by atoms with van der Waals surface area (Å²) in [5, 5.41) is 2.80. The highest BCUT2D eigenvalue weighted by Gasteiger charge is 2.14. The Hall–Kier alpha value is -1.05. The van der Waals surface area contributed by atoms with Crippen LogP contribution in [0.5, 0.6) is 0 Å². The van der Waals surface area contributed by atoms with Crippen LogP contribution in [0.3, 0.4) is 0 Å². The van der Waals surface area contributed by atoms with E-state index in [1.165, 1.54) is 5.57 Å². The molecule has 0 aliphatic carbocycles.